The third-order valence-corrected chi connectivity index (χ3v) is 8.55. The van der Waals surface area contributed by atoms with E-state index in [-0.39, 0.29) is 18.1 Å². The van der Waals surface area contributed by atoms with Crippen molar-refractivity contribution in [3.05, 3.63) is 101 Å². The molecule has 3 aliphatic carbocycles. The maximum atomic E-state index is 13.5. The quantitative estimate of drug-likeness (QED) is 0.478. The van der Waals surface area contributed by atoms with Crippen molar-refractivity contribution >= 4 is 12.0 Å². The molecule has 2 saturated carbocycles. The molecule has 1 heterocycles. The Morgan fingerprint density at radius 2 is 1.83 bits per heavy atom. The zero-order valence-electron chi connectivity index (χ0n) is 20.2. The number of nitrogens with zero attached hydrogens (tertiary/aromatic N) is 2. The Kier molecular flexibility index (Phi) is 5.27. The molecule has 0 radical (unpaired) electrons. The average molecular weight is 484 g/mol. The van der Waals surface area contributed by atoms with Crippen LogP contribution < -0.4 is 5.73 Å². The molecule has 0 bridgehead atoms. The first kappa shape index (κ1) is 22.9. The van der Waals surface area contributed by atoms with Gasteiger partial charge in [0.2, 0.25) is 5.91 Å². The average Bonchev–Trinajstić information content (AvgIpc) is 3.57. The molecular formula is C30H30FN3O2. The lowest BCUT2D eigenvalue weighted by Gasteiger charge is -2.47. The van der Waals surface area contributed by atoms with Crippen LogP contribution in [0.4, 0.5) is 4.39 Å². The number of aliphatic hydroxyl groups is 1. The monoisotopic (exact) mass is 483 g/mol. The smallest absolute Gasteiger partial charge is 0.221 e. The number of primary amides is 1. The van der Waals surface area contributed by atoms with Crippen LogP contribution in [0.15, 0.2) is 72.5 Å². The summed E-state index contributed by atoms with van der Waals surface area (Å²) in [5.41, 5.74) is 10.9. The van der Waals surface area contributed by atoms with Gasteiger partial charge >= 0.3 is 0 Å². The van der Waals surface area contributed by atoms with E-state index in [4.69, 9.17) is 5.73 Å². The first-order valence-corrected chi connectivity index (χ1v) is 12.6. The molecule has 3 N–H and O–H groups in total. The minimum atomic E-state index is -1.05. The zero-order chi connectivity index (χ0) is 25.1. The van der Waals surface area contributed by atoms with Gasteiger partial charge in [0.1, 0.15) is 5.82 Å². The summed E-state index contributed by atoms with van der Waals surface area (Å²) in [4.78, 5) is 11.6. The van der Waals surface area contributed by atoms with E-state index in [0.29, 0.717) is 25.2 Å². The van der Waals surface area contributed by atoms with Gasteiger partial charge in [-0.2, -0.15) is 5.10 Å². The largest absolute Gasteiger partial charge is 0.385 e. The molecule has 3 aliphatic rings. The predicted octanol–water partition coefficient (Wildman–Crippen LogP) is 4.70. The van der Waals surface area contributed by atoms with E-state index in [2.05, 4.69) is 17.8 Å². The Bertz CT molecular complexity index is 1400. The number of carbonyl (C=O) groups is 1. The third-order valence-electron chi connectivity index (χ3n) is 8.55. The van der Waals surface area contributed by atoms with Gasteiger partial charge in [-0.05, 0) is 97.0 Å². The number of benzene rings is 2. The second-order valence-corrected chi connectivity index (χ2v) is 10.6. The molecule has 36 heavy (non-hydrogen) atoms. The summed E-state index contributed by atoms with van der Waals surface area (Å²) in [6, 6.07) is 14.1. The van der Waals surface area contributed by atoms with Gasteiger partial charge in [-0.3, -0.25) is 4.79 Å². The highest BCUT2D eigenvalue weighted by Gasteiger charge is 2.65. The normalized spacial score (nSPS) is 24.7. The molecule has 2 atom stereocenters. The van der Waals surface area contributed by atoms with Gasteiger partial charge in [0.25, 0.3) is 0 Å². The zero-order valence-corrected chi connectivity index (χ0v) is 20.2. The van der Waals surface area contributed by atoms with E-state index in [0.717, 1.165) is 52.9 Å². The summed E-state index contributed by atoms with van der Waals surface area (Å²) in [5.74, 6) is -0.246. The number of halogens is 1. The van der Waals surface area contributed by atoms with Crippen LogP contribution >= 0.6 is 0 Å². The maximum Gasteiger partial charge on any atom is 0.221 e. The molecule has 3 aromatic rings. The summed E-state index contributed by atoms with van der Waals surface area (Å²) in [5, 5.41) is 17.1. The fourth-order valence-electron chi connectivity index (χ4n) is 6.70. The minimum absolute atomic E-state index is 0.173. The van der Waals surface area contributed by atoms with Gasteiger partial charge in [0.15, 0.2) is 0 Å². The molecule has 0 saturated heterocycles. The molecule has 1 aromatic heterocycles. The first-order valence-electron chi connectivity index (χ1n) is 12.6. The van der Waals surface area contributed by atoms with E-state index in [1.165, 1.54) is 17.7 Å². The second kappa shape index (κ2) is 8.27. The Balaban J connectivity index is 1.37. The molecule has 0 aliphatic heterocycles. The lowest BCUT2D eigenvalue weighted by atomic mass is 9.60. The van der Waals surface area contributed by atoms with Crippen LogP contribution in [0.25, 0.3) is 11.8 Å². The van der Waals surface area contributed by atoms with Crippen LogP contribution in [0.1, 0.15) is 48.1 Å². The molecule has 1 amide bonds. The topological polar surface area (TPSA) is 81.1 Å². The highest BCUT2D eigenvalue weighted by Crippen LogP contribution is 2.67. The minimum Gasteiger partial charge on any atom is -0.385 e. The van der Waals surface area contributed by atoms with Gasteiger partial charge in [0.05, 0.1) is 29.6 Å². The molecule has 6 heteroatoms. The van der Waals surface area contributed by atoms with E-state index in [1.807, 2.05) is 35.1 Å². The lowest BCUT2D eigenvalue weighted by molar-refractivity contribution is -0.117. The molecule has 2 fully saturated rings. The number of nitrogens with two attached hydrogens (primary N) is 1. The number of amides is 1. The van der Waals surface area contributed by atoms with Crippen molar-refractivity contribution in [2.24, 2.45) is 17.1 Å². The van der Waals surface area contributed by atoms with Crippen molar-refractivity contribution < 1.29 is 14.3 Å². The number of fused-ring (bicyclic) bond motifs is 2. The molecule has 0 spiro atoms. The molecule has 0 unspecified atom stereocenters. The Morgan fingerprint density at radius 1 is 1.14 bits per heavy atom. The van der Waals surface area contributed by atoms with E-state index in [1.54, 1.807) is 12.1 Å². The van der Waals surface area contributed by atoms with Crippen LogP contribution in [0.2, 0.25) is 0 Å². The highest BCUT2D eigenvalue weighted by molar-refractivity contribution is 5.77. The molecule has 2 aromatic carbocycles. The summed E-state index contributed by atoms with van der Waals surface area (Å²) in [6.45, 7) is 4.44. The van der Waals surface area contributed by atoms with Crippen molar-refractivity contribution in [1.82, 2.24) is 9.78 Å². The molecule has 6 rings (SSSR count). The van der Waals surface area contributed by atoms with Crippen molar-refractivity contribution in [3.63, 3.8) is 0 Å². The maximum absolute atomic E-state index is 13.5. The Morgan fingerprint density at radius 3 is 2.50 bits per heavy atom. The van der Waals surface area contributed by atoms with Gasteiger partial charge < -0.3 is 10.8 Å². The number of rotatable bonds is 7. The number of carbonyl (C=O) groups excluding carboxylic acids is 1. The van der Waals surface area contributed by atoms with Gasteiger partial charge in [-0.25, -0.2) is 9.07 Å². The Labute approximate surface area is 210 Å². The third kappa shape index (κ3) is 3.46. The van der Waals surface area contributed by atoms with Crippen molar-refractivity contribution in [2.45, 2.75) is 50.5 Å². The Hall–Kier alpha value is -3.51. The van der Waals surface area contributed by atoms with Crippen molar-refractivity contribution in [3.8, 4) is 5.69 Å². The van der Waals surface area contributed by atoms with Crippen LogP contribution in [0.3, 0.4) is 0 Å². The fourth-order valence-corrected chi connectivity index (χ4v) is 6.70. The van der Waals surface area contributed by atoms with Crippen LogP contribution in [-0.4, -0.2) is 26.4 Å². The lowest BCUT2D eigenvalue weighted by Crippen LogP contribution is -2.50. The number of aromatic nitrogens is 2. The molecule has 5 nitrogen and oxygen atoms in total. The van der Waals surface area contributed by atoms with Crippen LogP contribution in [0, 0.1) is 17.2 Å². The highest BCUT2D eigenvalue weighted by atomic mass is 19.1. The fraction of sp³-hybridized carbons (Fsp3) is 0.333. The van der Waals surface area contributed by atoms with Crippen LogP contribution in [-0.2, 0) is 24.1 Å². The number of hydrogen-bond acceptors (Lipinski definition) is 3. The van der Waals surface area contributed by atoms with E-state index < -0.39 is 11.0 Å². The van der Waals surface area contributed by atoms with E-state index >= 15 is 0 Å². The summed E-state index contributed by atoms with van der Waals surface area (Å²) in [6.07, 6.45) is 9.08. The van der Waals surface area contributed by atoms with Gasteiger partial charge in [0, 0.05) is 5.41 Å². The van der Waals surface area contributed by atoms with Gasteiger partial charge in [-0.15, -0.1) is 0 Å². The van der Waals surface area contributed by atoms with Gasteiger partial charge in [-0.1, -0.05) is 36.4 Å². The van der Waals surface area contributed by atoms with Crippen molar-refractivity contribution in [2.75, 3.05) is 0 Å². The molecule has 184 valence electrons. The van der Waals surface area contributed by atoms with Crippen LogP contribution in [0.5, 0.6) is 0 Å². The summed E-state index contributed by atoms with van der Waals surface area (Å²) < 4.78 is 15.4. The SMILES string of the molecule is C=C(Cc1ccccc1CC(N)=O)[C@]1(O)CCC2=Cc3c(cnn3-c3ccc(F)cc3)C[C@@]21C1CC1. The van der Waals surface area contributed by atoms with Crippen molar-refractivity contribution in [1.29, 1.82) is 0 Å². The first-order chi connectivity index (χ1) is 17.3. The number of hydrogen-bond donors (Lipinski definition) is 2. The van der Waals surface area contributed by atoms with E-state index in [9.17, 15) is 14.3 Å². The summed E-state index contributed by atoms with van der Waals surface area (Å²) in [7, 11) is 0. The predicted molar refractivity (Wildman–Crippen MR) is 137 cm³/mol. The molecular weight excluding hydrogens is 453 g/mol. The summed E-state index contributed by atoms with van der Waals surface area (Å²) >= 11 is 0. The standard InChI is InChI=1S/C30H30FN3O2/c1-19(14-20-4-2-3-5-21(20)15-28(32)35)30(36)13-12-24-16-27-22(17-29(24,30)23-6-7-23)18-33-34(27)26-10-8-25(31)9-11-26/h2-5,8-11,16,18,23,36H,1,6-7,12-15,17H2,(H2,32,35)/t29-,30-/m1/s1. The second-order valence-electron chi connectivity index (χ2n) is 10.6.